The van der Waals surface area contributed by atoms with Crippen molar-refractivity contribution in [1.29, 1.82) is 0 Å². The van der Waals surface area contributed by atoms with Gasteiger partial charge in [-0.25, -0.2) is 0 Å². The van der Waals surface area contributed by atoms with E-state index in [1.807, 2.05) is 54.6 Å². The van der Waals surface area contributed by atoms with E-state index in [-0.39, 0.29) is 24.9 Å². The third kappa shape index (κ3) is 5.64. The standard InChI is InChI=1S/C29H32BrN3O6.ClH/c1-17(34)25(31)27(35)32-26-28(36)33(16-21-20-9-8-19(30)15-18(20)7-10-23(21)37-2)22-5-3-4-6-24(22)39-29(26)11-13-38-14-12-29;/h3-10,15,17,25-26,34H,11-14,16,31H2,1-2H3,(H,32,35);1H/t17-,25-,26?;/m0./s1. The maximum atomic E-state index is 14.5. The van der Waals surface area contributed by atoms with E-state index < -0.39 is 29.7 Å². The number of carbonyl (C=O) groups is 2. The molecule has 0 radical (unpaired) electrons. The summed E-state index contributed by atoms with van der Waals surface area (Å²) in [6, 6.07) is 14.9. The lowest BCUT2D eigenvalue weighted by Crippen LogP contribution is -2.65. The minimum atomic E-state index is -1.20. The molecule has 0 bridgehead atoms. The molecule has 40 heavy (non-hydrogen) atoms. The molecule has 1 spiro atoms. The van der Waals surface area contributed by atoms with Gasteiger partial charge in [-0.2, -0.15) is 0 Å². The number of para-hydroxylation sites is 2. The molecule has 3 atom stereocenters. The van der Waals surface area contributed by atoms with E-state index in [9.17, 15) is 14.7 Å². The topological polar surface area (TPSA) is 123 Å². The Hall–Kier alpha value is -2.89. The SMILES string of the molecule is COc1ccc2cc(Br)ccc2c1CN1C(=O)C(NC(=O)[C@@H](N)[C@H](C)O)C2(CCOCC2)Oc2ccccc21.Cl. The summed E-state index contributed by atoms with van der Waals surface area (Å²) in [6.45, 7) is 2.35. The number of anilines is 1. The molecule has 0 aliphatic carbocycles. The van der Waals surface area contributed by atoms with Gasteiger partial charge >= 0.3 is 0 Å². The Labute approximate surface area is 247 Å². The summed E-state index contributed by atoms with van der Waals surface area (Å²) >= 11 is 3.53. The van der Waals surface area contributed by atoms with E-state index in [0.29, 0.717) is 43.2 Å². The Kier molecular flexibility index (Phi) is 9.26. The second kappa shape index (κ2) is 12.3. The number of amides is 2. The molecule has 2 aliphatic heterocycles. The fourth-order valence-electron chi connectivity index (χ4n) is 5.32. The van der Waals surface area contributed by atoms with Crippen LogP contribution in [-0.4, -0.2) is 61.0 Å². The zero-order chi connectivity index (χ0) is 27.7. The molecular formula is C29H33BrClN3O6. The van der Waals surface area contributed by atoms with E-state index in [4.69, 9.17) is 19.9 Å². The Morgan fingerprint density at radius 2 is 1.95 bits per heavy atom. The summed E-state index contributed by atoms with van der Waals surface area (Å²) in [5.41, 5.74) is 6.31. The first-order valence-electron chi connectivity index (χ1n) is 12.9. The van der Waals surface area contributed by atoms with E-state index in [0.717, 1.165) is 20.8 Å². The number of benzene rings is 3. The largest absolute Gasteiger partial charge is 0.496 e. The van der Waals surface area contributed by atoms with Crippen LogP contribution in [0.3, 0.4) is 0 Å². The van der Waals surface area contributed by atoms with Crippen molar-refractivity contribution >= 4 is 56.6 Å². The minimum absolute atomic E-state index is 0. The first-order valence-corrected chi connectivity index (χ1v) is 13.7. The number of aliphatic hydroxyl groups is 1. The second-order valence-corrected chi connectivity index (χ2v) is 10.9. The van der Waals surface area contributed by atoms with Gasteiger partial charge < -0.3 is 35.3 Å². The van der Waals surface area contributed by atoms with Gasteiger partial charge in [-0.3, -0.25) is 9.59 Å². The van der Waals surface area contributed by atoms with Crippen LogP contribution in [0.1, 0.15) is 25.3 Å². The maximum Gasteiger partial charge on any atom is 0.254 e. The zero-order valence-corrected chi connectivity index (χ0v) is 24.7. The first-order chi connectivity index (χ1) is 18.7. The molecular weight excluding hydrogens is 602 g/mol. The smallest absolute Gasteiger partial charge is 0.254 e. The third-order valence-corrected chi connectivity index (χ3v) is 8.04. The normalized spacial score (nSPS) is 19.6. The number of methoxy groups -OCH3 is 1. The van der Waals surface area contributed by atoms with Gasteiger partial charge in [0.05, 0.1) is 38.7 Å². The van der Waals surface area contributed by atoms with Crippen molar-refractivity contribution in [3.8, 4) is 11.5 Å². The molecule has 0 aromatic heterocycles. The van der Waals surface area contributed by atoms with Gasteiger partial charge in [0.25, 0.3) is 5.91 Å². The molecule has 2 heterocycles. The molecule has 2 amide bonds. The molecule has 1 saturated heterocycles. The molecule has 214 valence electrons. The highest BCUT2D eigenvalue weighted by Crippen LogP contribution is 2.42. The summed E-state index contributed by atoms with van der Waals surface area (Å²) in [4.78, 5) is 29.3. The Balaban J connectivity index is 0.00000370. The van der Waals surface area contributed by atoms with Crippen LogP contribution >= 0.6 is 28.3 Å². The first kappa shape index (κ1) is 30.1. The number of hydrogen-bond donors (Lipinski definition) is 3. The summed E-state index contributed by atoms with van der Waals surface area (Å²) < 4.78 is 18.9. The van der Waals surface area contributed by atoms with Gasteiger partial charge in [0.2, 0.25) is 5.91 Å². The molecule has 5 rings (SSSR count). The minimum Gasteiger partial charge on any atom is -0.496 e. The average Bonchev–Trinajstić information content (AvgIpc) is 3.02. The number of fused-ring (bicyclic) bond motifs is 2. The lowest BCUT2D eigenvalue weighted by Gasteiger charge is -2.41. The van der Waals surface area contributed by atoms with Crippen molar-refractivity contribution in [2.75, 3.05) is 25.2 Å². The van der Waals surface area contributed by atoms with E-state index in [1.54, 1.807) is 12.0 Å². The number of halogens is 2. The zero-order valence-electron chi connectivity index (χ0n) is 22.3. The number of nitrogens with zero attached hydrogens (tertiary/aromatic N) is 1. The molecule has 11 heteroatoms. The summed E-state index contributed by atoms with van der Waals surface area (Å²) in [5, 5.41) is 14.7. The highest BCUT2D eigenvalue weighted by molar-refractivity contribution is 9.10. The Morgan fingerprint density at radius 3 is 2.65 bits per heavy atom. The molecule has 3 aromatic carbocycles. The fraction of sp³-hybridized carbons (Fsp3) is 0.379. The van der Waals surface area contributed by atoms with Crippen LogP contribution in [-0.2, 0) is 20.9 Å². The quantitative estimate of drug-likeness (QED) is 0.378. The molecule has 3 aromatic rings. The molecule has 1 unspecified atom stereocenters. The highest BCUT2D eigenvalue weighted by atomic mass is 79.9. The van der Waals surface area contributed by atoms with Crippen molar-refractivity contribution < 1.29 is 28.9 Å². The second-order valence-electron chi connectivity index (χ2n) is 9.99. The van der Waals surface area contributed by atoms with Crippen molar-refractivity contribution in [1.82, 2.24) is 5.32 Å². The van der Waals surface area contributed by atoms with Crippen molar-refractivity contribution in [2.24, 2.45) is 5.73 Å². The summed E-state index contributed by atoms with van der Waals surface area (Å²) in [7, 11) is 1.60. The van der Waals surface area contributed by atoms with Crippen molar-refractivity contribution in [3.05, 3.63) is 64.6 Å². The number of carbonyl (C=O) groups excluding carboxylic acids is 2. The maximum absolute atomic E-state index is 14.5. The number of ether oxygens (including phenoxy) is 3. The van der Waals surface area contributed by atoms with Crippen LogP contribution in [0.25, 0.3) is 10.8 Å². The number of rotatable bonds is 6. The monoisotopic (exact) mass is 633 g/mol. The molecule has 1 fully saturated rings. The van der Waals surface area contributed by atoms with Crippen LogP contribution in [0.5, 0.6) is 11.5 Å². The lowest BCUT2D eigenvalue weighted by atomic mass is 9.84. The number of aliphatic hydroxyl groups excluding tert-OH is 1. The number of nitrogens with one attached hydrogen (secondary N) is 1. The molecule has 9 nitrogen and oxygen atoms in total. The van der Waals surface area contributed by atoms with Crippen molar-refractivity contribution in [3.63, 3.8) is 0 Å². The van der Waals surface area contributed by atoms with E-state index >= 15 is 0 Å². The van der Waals surface area contributed by atoms with Gasteiger partial charge in [-0.15, -0.1) is 12.4 Å². The average molecular weight is 635 g/mol. The van der Waals surface area contributed by atoms with Crippen LogP contribution in [0.4, 0.5) is 5.69 Å². The van der Waals surface area contributed by atoms with Crippen LogP contribution < -0.4 is 25.4 Å². The van der Waals surface area contributed by atoms with Crippen molar-refractivity contribution in [2.45, 2.75) is 50.1 Å². The number of nitrogens with two attached hydrogens (primary N) is 1. The van der Waals surface area contributed by atoms with Crippen LogP contribution in [0.2, 0.25) is 0 Å². The predicted octanol–water partition coefficient (Wildman–Crippen LogP) is 3.70. The Bertz CT molecular complexity index is 1400. The highest BCUT2D eigenvalue weighted by Gasteiger charge is 2.52. The van der Waals surface area contributed by atoms with E-state index in [2.05, 4.69) is 21.2 Å². The fourth-order valence-corrected chi connectivity index (χ4v) is 5.70. The van der Waals surface area contributed by atoms with Gasteiger partial charge in [0.15, 0.2) is 0 Å². The van der Waals surface area contributed by atoms with Gasteiger partial charge in [-0.1, -0.05) is 40.2 Å². The van der Waals surface area contributed by atoms with Crippen LogP contribution in [0.15, 0.2) is 59.1 Å². The summed E-state index contributed by atoms with van der Waals surface area (Å²) in [6.07, 6.45) is -0.312. The predicted molar refractivity (Wildman–Crippen MR) is 158 cm³/mol. The molecule has 0 saturated carbocycles. The van der Waals surface area contributed by atoms with E-state index in [1.165, 1.54) is 6.92 Å². The third-order valence-electron chi connectivity index (χ3n) is 7.54. The van der Waals surface area contributed by atoms with Gasteiger partial charge in [0, 0.05) is 22.9 Å². The molecule has 4 N–H and O–H groups in total. The number of hydrogen-bond acceptors (Lipinski definition) is 7. The lowest BCUT2D eigenvalue weighted by molar-refractivity contribution is -0.138. The van der Waals surface area contributed by atoms with Gasteiger partial charge in [-0.05, 0) is 48.0 Å². The molecule has 2 aliphatic rings. The van der Waals surface area contributed by atoms with Gasteiger partial charge in [0.1, 0.15) is 29.2 Å². The Morgan fingerprint density at radius 1 is 1.23 bits per heavy atom. The van der Waals surface area contributed by atoms with Crippen LogP contribution in [0, 0.1) is 0 Å². The summed E-state index contributed by atoms with van der Waals surface area (Å²) in [5.74, 6) is 0.199.